The summed E-state index contributed by atoms with van der Waals surface area (Å²) >= 11 is 1.62. The molecule has 0 aliphatic heterocycles. The van der Waals surface area contributed by atoms with Gasteiger partial charge in [-0.3, -0.25) is 0 Å². The second kappa shape index (κ2) is 7.68. The Morgan fingerprint density at radius 3 is 3.00 bits per heavy atom. The third-order valence-electron chi connectivity index (χ3n) is 2.09. The summed E-state index contributed by atoms with van der Waals surface area (Å²) in [7, 11) is 0. The maximum atomic E-state index is 9.60. The Kier molecular flexibility index (Phi) is 6.49. The number of ether oxygens (including phenoxy) is 1. The molecule has 3 N–H and O–H groups in total. The number of hydrogen-bond donors (Lipinski definition) is 2. The highest BCUT2D eigenvalue weighted by atomic mass is 32.2. The first-order valence-corrected chi connectivity index (χ1v) is 6.42. The minimum atomic E-state index is -0.411. The Bertz CT molecular complexity index is 307. The van der Waals surface area contributed by atoms with E-state index in [2.05, 4.69) is 6.07 Å². The summed E-state index contributed by atoms with van der Waals surface area (Å²) in [4.78, 5) is 1.14. The highest BCUT2D eigenvalue weighted by Gasteiger charge is 2.05. The normalized spacial score (nSPS) is 12.7. The summed E-state index contributed by atoms with van der Waals surface area (Å²) < 4.78 is 5.15. The Labute approximate surface area is 101 Å². The highest BCUT2D eigenvalue weighted by molar-refractivity contribution is 7.99. The molecule has 0 saturated heterocycles. The summed E-state index contributed by atoms with van der Waals surface area (Å²) in [6.45, 7) is 3.52. The van der Waals surface area contributed by atoms with Gasteiger partial charge in [0.2, 0.25) is 0 Å². The fourth-order valence-electron chi connectivity index (χ4n) is 1.26. The third kappa shape index (κ3) is 4.99. The minimum Gasteiger partial charge on any atom is -0.390 e. The topological polar surface area (TPSA) is 55.5 Å². The van der Waals surface area contributed by atoms with Crippen LogP contribution in [0.2, 0.25) is 0 Å². The van der Waals surface area contributed by atoms with Gasteiger partial charge in [-0.05, 0) is 24.6 Å². The van der Waals surface area contributed by atoms with Crippen molar-refractivity contribution in [3.8, 4) is 0 Å². The molecule has 3 nitrogen and oxygen atoms in total. The van der Waals surface area contributed by atoms with Gasteiger partial charge in [0.05, 0.1) is 12.7 Å². The van der Waals surface area contributed by atoms with Crippen LogP contribution in [0.3, 0.4) is 0 Å². The molecule has 0 saturated carbocycles. The zero-order valence-corrected chi connectivity index (χ0v) is 10.4. The summed E-state index contributed by atoms with van der Waals surface area (Å²) in [6, 6.07) is 8.06. The number of nitrogens with two attached hydrogens (primary N) is 1. The first-order valence-electron chi connectivity index (χ1n) is 5.44. The molecule has 16 heavy (non-hydrogen) atoms. The van der Waals surface area contributed by atoms with Crippen LogP contribution in [0.15, 0.2) is 29.2 Å². The molecule has 0 fully saturated rings. The van der Waals surface area contributed by atoms with Crippen LogP contribution in [0, 0.1) is 0 Å². The lowest BCUT2D eigenvalue weighted by molar-refractivity contribution is 0.0551. The van der Waals surface area contributed by atoms with Crippen molar-refractivity contribution in [2.24, 2.45) is 5.73 Å². The van der Waals surface area contributed by atoms with Crippen molar-refractivity contribution < 1.29 is 9.84 Å². The van der Waals surface area contributed by atoms with Gasteiger partial charge in [0.15, 0.2) is 0 Å². The molecule has 0 radical (unpaired) electrons. The van der Waals surface area contributed by atoms with Gasteiger partial charge in [-0.1, -0.05) is 12.1 Å². The minimum absolute atomic E-state index is 0.403. The van der Waals surface area contributed by atoms with Crippen molar-refractivity contribution in [3.63, 3.8) is 0 Å². The Hall–Kier alpha value is -0.550. The lowest BCUT2D eigenvalue weighted by atomic mass is 10.2. The van der Waals surface area contributed by atoms with E-state index in [0.717, 1.165) is 10.5 Å². The number of aliphatic hydroxyl groups is 1. The zero-order chi connectivity index (χ0) is 11.8. The van der Waals surface area contributed by atoms with Crippen molar-refractivity contribution in [3.05, 3.63) is 29.8 Å². The third-order valence-corrected chi connectivity index (χ3v) is 3.23. The maximum absolute atomic E-state index is 9.60. The molecule has 1 rings (SSSR count). The molecule has 0 spiro atoms. The number of aliphatic hydroxyl groups excluding tert-OH is 1. The largest absolute Gasteiger partial charge is 0.390 e. The molecule has 1 unspecified atom stereocenters. The highest BCUT2D eigenvalue weighted by Crippen LogP contribution is 2.19. The molecule has 0 aliphatic carbocycles. The van der Waals surface area contributed by atoms with E-state index in [1.165, 1.54) is 0 Å². The lowest BCUT2D eigenvalue weighted by Gasteiger charge is -2.10. The summed E-state index contributed by atoms with van der Waals surface area (Å²) in [5.41, 5.74) is 6.68. The second-order valence-corrected chi connectivity index (χ2v) is 4.57. The maximum Gasteiger partial charge on any atom is 0.0867 e. The molecule has 0 aromatic heterocycles. The lowest BCUT2D eigenvalue weighted by Crippen LogP contribution is -2.17. The van der Waals surface area contributed by atoms with E-state index in [4.69, 9.17) is 10.5 Å². The molecule has 1 aromatic carbocycles. The van der Waals surface area contributed by atoms with Crippen molar-refractivity contribution >= 4 is 11.8 Å². The molecule has 1 aromatic rings. The van der Waals surface area contributed by atoms with E-state index in [9.17, 15) is 5.11 Å². The fourth-order valence-corrected chi connectivity index (χ4v) is 2.15. The Balaban J connectivity index is 2.35. The predicted molar refractivity (Wildman–Crippen MR) is 67.6 cm³/mol. The number of rotatable bonds is 7. The zero-order valence-electron chi connectivity index (χ0n) is 9.56. The fraction of sp³-hybridized carbons (Fsp3) is 0.500. The van der Waals surface area contributed by atoms with Gasteiger partial charge in [-0.15, -0.1) is 11.8 Å². The van der Waals surface area contributed by atoms with Crippen LogP contribution in [-0.4, -0.2) is 30.2 Å². The van der Waals surface area contributed by atoms with Crippen LogP contribution >= 0.6 is 11.8 Å². The van der Waals surface area contributed by atoms with E-state index in [0.29, 0.717) is 25.5 Å². The molecule has 0 aliphatic rings. The van der Waals surface area contributed by atoms with Crippen LogP contribution in [0.25, 0.3) is 0 Å². The molecule has 1 atom stereocenters. The van der Waals surface area contributed by atoms with Crippen molar-refractivity contribution in [2.75, 3.05) is 19.0 Å². The van der Waals surface area contributed by atoms with Gasteiger partial charge in [0.25, 0.3) is 0 Å². The van der Waals surface area contributed by atoms with E-state index < -0.39 is 6.10 Å². The van der Waals surface area contributed by atoms with Gasteiger partial charge < -0.3 is 15.6 Å². The number of benzene rings is 1. The molecule has 4 heteroatoms. The van der Waals surface area contributed by atoms with E-state index >= 15 is 0 Å². The quantitative estimate of drug-likeness (QED) is 0.713. The van der Waals surface area contributed by atoms with Crippen LogP contribution in [-0.2, 0) is 11.3 Å². The summed E-state index contributed by atoms with van der Waals surface area (Å²) in [5, 5.41) is 9.60. The SMILES string of the molecule is CCOCC(O)CSc1cccc(CN)c1. The van der Waals surface area contributed by atoms with E-state index in [1.54, 1.807) is 11.8 Å². The summed E-state index contributed by atoms with van der Waals surface area (Å²) in [5.74, 6) is 0.647. The first-order chi connectivity index (χ1) is 7.76. The summed E-state index contributed by atoms with van der Waals surface area (Å²) in [6.07, 6.45) is -0.411. The Morgan fingerprint density at radius 1 is 1.50 bits per heavy atom. The van der Waals surface area contributed by atoms with Crippen LogP contribution < -0.4 is 5.73 Å². The smallest absolute Gasteiger partial charge is 0.0867 e. The first kappa shape index (κ1) is 13.5. The van der Waals surface area contributed by atoms with Crippen molar-refractivity contribution in [1.29, 1.82) is 0 Å². The average molecular weight is 241 g/mol. The van der Waals surface area contributed by atoms with Crippen molar-refractivity contribution in [2.45, 2.75) is 24.5 Å². The Morgan fingerprint density at radius 2 is 2.31 bits per heavy atom. The molecule has 0 heterocycles. The van der Waals surface area contributed by atoms with E-state index in [1.807, 2.05) is 25.1 Å². The molecule has 90 valence electrons. The van der Waals surface area contributed by atoms with E-state index in [-0.39, 0.29) is 0 Å². The standard InChI is InChI=1S/C12H19NO2S/c1-2-15-8-11(14)9-16-12-5-3-4-10(6-12)7-13/h3-6,11,14H,2,7-9,13H2,1H3. The van der Waals surface area contributed by atoms with Crippen LogP contribution in [0.1, 0.15) is 12.5 Å². The second-order valence-electron chi connectivity index (χ2n) is 3.48. The molecular weight excluding hydrogens is 222 g/mol. The molecule has 0 amide bonds. The van der Waals surface area contributed by atoms with Gasteiger partial charge in [0.1, 0.15) is 0 Å². The van der Waals surface area contributed by atoms with Gasteiger partial charge in [-0.2, -0.15) is 0 Å². The van der Waals surface area contributed by atoms with Gasteiger partial charge in [0, 0.05) is 23.8 Å². The predicted octanol–water partition coefficient (Wildman–Crippen LogP) is 1.63. The van der Waals surface area contributed by atoms with Crippen LogP contribution in [0.4, 0.5) is 0 Å². The van der Waals surface area contributed by atoms with Gasteiger partial charge >= 0.3 is 0 Å². The van der Waals surface area contributed by atoms with Crippen LogP contribution in [0.5, 0.6) is 0 Å². The number of thioether (sulfide) groups is 1. The van der Waals surface area contributed by atoms with Crippen molar-refractivity contribution in [1.82, 2.24) is 0 Å². The average Bonchev–Trinajstić information content (AvgIpc) is 2.34. The molecular formula is C12H19NO2S. The van der Waals surface area contributed by atoms with Gasteiger partial charge in [-0.25, -0.2) is 0 Å². The number of hydrogen-bond acceptors (Lipinski definition) is 4. The monoisotopic (exact) mass is 241 g/mol. The molecule has 0 bridgehead atoms.